The molecule has 2 heterocycles. The molecule has 19 heavy (non-hydrogen) atoms. The lowest BCUT2D eigenvalue weighted by Gasteiger charge is -2.03. The third kappa shape index (κ3) is 2.70. The normalized spacial score (nSPS) is 10.4. The van der Waals surface area contributed by atoms with E-state index in [2.05, 4.69) is 14.8 Å². The lowest BCUT2D eigenvalue weighted by Crippen LogP contribution is -2.17. The van der Waals surface area contributed by atoms with Crippen molar-refractivity contribution in [2.75, 3.05) is 13.2 Å². The van der Waals surface area contributed by atoms with Crippen LogP contribution >= 0.6 is 0 Å². The molecule has 0 aromatic carbocycles. The maximum Gasteiger partial charge on any atom is 0.344 e. The summed E-state index contributed by atoms with van der Waals surface area (Å²) < 4.78 is 11.0. The molecule has 0 saturated carbocycles. The number of carbonyl (C=O) groups excluding carboxylic acids is 2. The minimum Gasteiger partial charge on any atom is -0.463 e. The molecule has 0 bridgehead atoms. The lowest BCUT2D eigenvalue weighted by atomic mass is 10.2. The highest BCUT2D eigenvalue weighted by Gasteiger charge is 2.20. The molecule has 2 aromatic heterocycles. The molecule has 0 saturated heterocycles. The smallest absolute Gasteiger partial charge is 0.344 e. The monoisotopic (exact) mass is 263 g/mol. The number of aromatic nitrogens is 3. The molecule has 0 unspecified atom stereocenters. The van der Waals surface area contributed by atoms with Crippen LogP contribution in [0.2, 0.25) is 0 Å². The van der Waals surface area contributed by atoms with Gasteiger partial charge in [0.2, 0.25) is 0 Å². The summed E-state index contributed by atoms with van der Waals surface area (Å²) in [6, 6.07) is 1.70. The van der Waals surface area contributed by atoms with Crippen LogP contribution in [-0.4, -0.2) is 39.8 Å². The first-order valence-electron chi connectivity index (χ1n) is 5.76. The summed E-state index contributed by atoms with van der Waals surface area (Å²) in [6.07, 6.45) is 3.23. The van der Waals surface area contributed by atoms with E-state index in [1.807, 2.05) is 0 Å². The van der Waals surface area contributed by atoms with Crippen LogP contribution in [0.1, 0.15) is 23.0 Å². The standard InChI is InChI=1S/C12H13N3O4/c1-3-18-9(16)7-19-12(17)10-8(2)14-15-6-4-5-13-11(10)15/h4-6H,3,7H2,1-2H3. The highest BCUT2D eigenvalue weighted by atomic mass is 16.6. The van der Waals surface area contributed by atoms with E-state index < -0.39 is 18.5 Å². The highest BCUT2D eigenvalue weighted by Crippen LogP contribution is 2.13. The molecule has 0 aliphatic carbocycles. The Balaban J connectivity index is 2.17. The molecule has 0 atom stereocenters. The highest BCUT2D eigenvalue weighted by molar-refractivity contribution is 5.97. The predicted molar refractivity (Wildman–Crippen MR) is 64.6 cm³/mol. The number of carbonyl (C=O) groups is 2. The Morgan fingerprint density at radius 3 is 2.89 bits per heavy atom. The van der Waals surface area contributed by atoms with Crippen molar-refractivity contribution in [2.24, 2.45) is 0 Å². The Bertz CT molecular complexity index is 620. The van der Waals surface area contributed by atoms with Gasteiger partial charge in [-0.25, -0.2) is 19.1 Å². The van der Waals surface area contributed by atoms with E-state index in [1.54, 1.807) is 32.3 Å². The van der Waals surface area contributed by atoms with Gasteiger partial charge in [-0.3, -0.25) is 0 Å². The van der Waals surface area contributed by atoms with Gasteiger partial charge in [-0.05, 0) is 19.9 Å². The van der Waals surface area contributed by atoms with Gasteiger partial charge in [0.05, 0.1) is 12.3 Å². The number of rotatable bonds is 4. The molecule has 7 nitrogen and oxygen atoms in total. The topological polar surface area (TPSA) is 82.8 Å². The average Bonchev–Trinajstić information content (AvgIpc) is 2.72. The zero-order chi connectivity index (χ0) is 13.8. The Kier molecular flexibility index (Phi) is 3.74. The Morgan fingerprint density at radius 2 is 2.16 bits per heavy atom. The number of ether oxygens (including phenoxy) is 2. The van der Waals surface area contributed by atoms with Gasteiger partial charge >= 0.3 is 11.9 Å². The Hall–Kier alpha value is -2.44. The van der Waals surface area contributed by atoms with Crippen molar-refractivity contribution < 1.29 is 19.1 Å². The van der Waals surface area contributed by atoms with Gasteiger partial charge in [0.25, 0.3) is 0 Å². The Morgan fingerprint density at radius 1 is 1.37 bits per heavy atom. The maximum absolute atomic E-state index is 11.9. The van der Waals surface area contributed by atoms with Crippen LogP contribution in [0, 0.1) is 6.92 Å². The van der Waals surface area contributed by atoms with Crippen LogP contribution in [0.3, 0.4) is 0 Å². The number of aryl methyl sites for hydroxylation is 1. The van der Waals surface area contributed by atoms with Gasteiger partial charge in [-0.2, -0.15) is 5.10 Å². The maximum atomic E-state index is 11.9. The molecular weight excluding hydrogens is 250 g/mol. The zero-order valence-corrected chi connectivity index (χ0v) is 10.6. The van der Waals surface area contributed by atoms with E-state index in [0.717, 1.165) is 0 Å². The minimum atomic E-state index is -0.640. The lowest BCUT2D eigenvalue weighted by molar-refractivity contribution is -0.146. The molecule has 0 amide bonds. The third-order valence-corrected chi connectivity index (χ3v) is 2.40. The first-order valence-corrected chi connectivity index (χ1v) is 5.76. The van der Waals surface area contributed by atoms with Crippen LogP contribution in [0.15, 0.2) is 18.5 Å². The molecule has 0 spiro atoms. The first-order chi connectivity index (χ1) is 9.13. The average molecular weight is 263 g/mol. The fraction of sp³-hybridized carbons (Fsp3) is 0.333. The summed E-state index contributed by atoms with van der Waals surface area (Å²) in [4.78, 5) is 27.1. The van der Waals surface area contributed by atoms with E-state index in [9.17, 15) is 9.59 Å². The van der Waals surface area contributed by atoms with Crippen LogP contribution in [0.25, 0.3) is 5.65 Å². The molecule has 7 heteroatoms. The summed E-state index contributed by atoms with van der Waals surface area (Å²) in [6.45, 7) is 3.18. The van der Waals surface area contributed by atoms with Crippen molar-refractivity contribution >= 4 is 17.6 Å². The van der Waals surface area contributed by atoms with E-state index in [4.69, 9.17) is 4.74 Å². The van der Waals surface area contributed by atoms with Gasteiger partial charge in [-0.1, -0.05) is 0 Å². The molecule has 2 aromatic rings. The fourth-order valence-electron chi connectivity index (χ4n) is 1.63. The summed E-state index contributed by atoms with van der Waals surface area (Å²) in [5.41, 5.74) is 1.14. The van der Waals surface area contributed by atoms with Gasteiger partial charge in [0.1, 0.15) is 5.56 Å². The zero-order valence-electron chi connectivity index (χ0n) is 10.6. The number of nitrogens with zero attached hydrogens (tertiary/aromatic N) is 3. The first kappa shape index (κ1) is 13.0. The van der Waals surface area contributed by atoms with Gasteiger partial charge in [0.15, 0.2) is 12.3 Å². The molecule has 2 rings (SSSR count). The van der Waals surface area contributed by atoms with Crippen LogP contribution in [0.4, 0.5) is 0 Å². The summed E-state index contributed by atoms with van der Waals surface area (Å²) >= 11 is 0. The molecule has 0 aliphatic rings. The third-order valence-electron chi connectivity index (χ3n) is 2.40. The largest absolute Gasteiger partial charge is 0.463 e. The fourth-order valence-corrected chi connectivity index (χ4v) is 1.63. The van der Waals surface area contributed by atoms with Crippen molar-refractivity contribution in [2.45, 2.75) is 13.8 Å². The molecule has 0 N–H and O–H groups in total. The van der Waals surface area contributed by atoms with Crippen molar-refractivity contribution in [3.63, 3.8) is 0 Å². The molecule has 100 valence electrons. The van der Waals surface area contributed by atoms with Gasteiger partial charge in [-0.15, -0.1) is 0 Å². The van der Waals surface area contributed by atoms with Crippen molar-refractivity contribution in [1.82, 2.24) is 14.6 Å². The van der Waals surface area contributed by atoms with E-state index >= 15 is 0 Å². The minimum absolute atomic E-state index is 0.244. The Labute approximate surface area is 109 Å². The van der Waals surface area contributed by atoms with Gasteiger partial charge < -0.3 is 9.47 Å². The molecular formula is C12H13N3O4. The summed E-state index contributed by atoms with van der Waals surface area (Å²) in [5.74, 6) is -1.22. The number of hydrogen-bond donors (Lipinski definition) is 0. The second kappa shape index (κ2) is 5.47. The summed E-state index contributed by atoms with van der Waals surface area (Å²) in [5, 5.41) is 4.13. The van der Waals surface area contributed by atoms with Gasteiger partial charge in [0, 0.05) is 12.4 Å². The molecule has 0 fully saturated rings. The number of fused-ring (bicyclic) bond motifs is 1. The van der Waals surface area contributed by atoms with E-state index in [0.29, 0.717) is 11.3 Å². The summed E-state index contributed by atoms with van der Waals surface area (Å²) in [7, 11) is 0. The second-order valence-corrected chi connectivity index (χ2v) is 3.73. The van der Waals surface area contributed by atoms with Crippen LogP contribution < -0.4 is 0 Å². The molecule has 0 aliphatic heterocycles. The number of hydrogen-bond acceptors (Lipinski definition) is 6. The quantitative estimate of drug-likeness (QED) is 0.757. The van der Waals surface area contributed by atoms with Crippen molar-refractivity contribution in [1.29, 1.82) is 0 Å². The van der Waals surface area contributed by atoms with Crippen molar-refractivity contribution in [3.8, 4) is 0 Å². The molecule has 0 radical (unpaired) electrons. The van der Waals surface area contributed by atoms with Crippen LogP contribution in [-0.2, 0) is 14.3 Å². The van der Waals surface area contributed by atoms with E-state index in [-0.39, 0.29) is 12.2 Å². The number of esters is 2. The SMILES string of the molecule is CCOC(=O)COC(=O)c1c(C)nn2cccnc12. The second-order valence-electron chi connectivity index (χ2n) is 3.73. The predicted octanol–water partition coefficient (Wildman–Crippen LogP) is 0.758. The van der Waals surface area contributed by atoms with E-state index in [1.165, 1.54) is 4.52 Å². The van der Waals surface area contributed by atoms with Crippen LogP contribution in [0.5, 0.6) is 0 Å². The van der Waals surface area contributed by atoms with Crippen molar-refractivity contribution in [3.05, 3.63) is 29.7 Å².